The molecule has 0 aromatic rings. The Morgan fingerprint density at radius 1 is 1.06 bits per heavy atom. The number of aliphatic hydroxyl groups excluding tert-OH is 4. The van der Waals surface area contributed by atoms with Gasteiger partial charge in [-0.3, -0.25) is 0 Å². The molecule has 3 atom stereocenters. The number of carbonyl (C=O) groups excluding carboxylic acids is 1. The van der Waals surface area contributed by atoms with Crippen molar-refractivity contribution in [2.75, 3.05) is 6.61 Å². The second kappa shape index (κ2) is 8.74. The molecule has 10 heteroatoms. The largest absolute Gasteiger partial charge is 0.466 e. The van der Waals surface area contributed by atoms with Crippen molar-refractivity contribution in [2.45, 2.75) is 24.7 Å². The molecule has 0 rings (SSSR count). The van der Waals surface area contributed by atoms with Gasteiger partial charge in [-0.05, 0) is 0 Å². The number of aliphatic hydroxyl groups is 4. The molecule has 0 amide bonds. The second-order valence-electron chi connectivity index (χ2n) is 2.72. The number of hydrogen-bond acceptors (Lipinski definition) is 6. The summed E-state index contributed by atoms with van der Waals surface area (Å²) in [5, 5.41) is 34.8. The molecule has 0 bridgehead atoms. The summed E-state index contributed by atoms with van der Waals surface area (Å²) < 4.78 is 8.88. The maximum atomic E-state index is 9.82. The van der Waals surface area contributed by atoms with E-state index in [4.69, 9.17) is 39.7 Å². The summed E-state index contributed by atoms with van der Waals surface area (Å²) in [6.45, 7) is -0.642. The first-order chi connectivity index (χ1) is 7.13. The van der Waals surface area contributed by atoms with Crippen LogP contribution in [0, 0.1) is 0 Å². The van der Waals surface area contributed by atoms with Gasteiger partial charge in [0, 0.05) is 6.42 Å². The van der Waals surface area contributed by atoms with Crippen LogP contribution in [0.4, 0.5) is 0 Å². The minimum Gasteiger partial charge on any atom is -0.394 e. The Kier molecular flexibility index (Phi) is 9.83. The van der Waals surface area contributed by atoms with Crippen molar-refractivity contribution < 1.29 is 44.5 Å². The molecular weight excluding hydrogens is 247 g/mol. The number of carbonyl (C=O) groups is 1. The van der Waals surface area contributed by atoms with Crippen LogP contribution in [0.3, 0.4) is 0 Å². The van der Waals surface area contributed by atoms with E-state index in [1.165, 1.54) is 0 Å². The quantitative estimate of drug-likeness (QED) is 0.198. The van der Waals surface area contributed by atoms with Gasteiger partial charge in [0.25, 0.3) is 0 Å². The van der Waals surface area contributed by atoms with E-state index in [0.29, 0.717) is 6.29 Å². The normalized spacial score (nSPS) is 16.7. The lowest BCUT2D eigenvalue weighted by Crippen LogP contribution is -2.39. The van der Waals surface area contributed by atoms with Gasteiger partial charge in [0.05, 0.1) is 12.7 Å². The minimum absolute atomic E-state index is 0.252. The van der Waals surface area contributed by atoms with E-state index in [0.717, 1.165) is 0 Å². The van der Waals surface area contributed by atoms with Gasteiger partial charge in [0.15, 0.2) is 0 Å². The zero-order valence-electron chi connectivity index (χ0n) is 8.12. The highest BCUT2D eigenvalue weighted by atomic mass is 31.2. The molecule has 0 unspecified atom stereocenters. The summed E-state index contributed by atoms with van der Waals surface area (Å²) in [7, 11) is -4.64. The first kappa shape index (κ1) is 18.0. The molecule has 0 fully saturated rings. The third kappa shape index (κ3) is 13.6. The van der Waals surface area contributed by atoms with Gasteiger partial charge in [-0.15, -0.1) is 0 Å². The van der Waals surface area contributed by atoms with Gasteiger partial charge in [-0.1, -0.05) is 0 Å². The van der Waals surface area contributed by atoms with E-state index < -0.39 is 32.7 Å². The molecule has 0 aliphatic carbocycles. The summed E-state index contributed by atoms with van der Waals surface area (Å²) >= 11 is 0. The summed E-state index contributed by atoms with van der Waals surface area (Å²) in [5.74, 6) is 0. The van der Waals surface area contributed by atoms with Gasteiger partial charge in [-0.25, -0.2) is 4.57 Å². The zero-order chi connectivity index (χ0) is 13.4. The zero-order valence-corrected chi connectivity index (χ0v) is 9.01. The monoisotopic (exact) mass is 262 g/mol. The van der Waals surface area contributed by atoms with Crippen LogP contribution in [0.1, 0.15) is 6.42 Å². The number of aldehydes is 1. The smallest absolute Gasteiger partial charge is 0.394 e. The van der Waals surface area contributed by atoms with Crippen molar-refractivity contribution in [3.05, 3.63) is 0 Å². The Hall–Kier alpha value is -0.380. The molecule has 0 aliphatic rings. The van der Waals surface area contributed by atoms with E-state index in [1.54, 1.807) is 0 Å². The number of hydrogen-bond donors (Lipinski definition) is 7. The van der Waals surface area contributed by atoms with Crippen LogP contribution >= 0.6 is 7.82 Å². The van der Waals surface area contributed by atoms with Crippen molar-refractivity contribution in [3.8, 4) is 0 Å². The first-order valence-electron chi connectivity index (χ1n) is 4.00. The van der Waals surface area contributed by atoms with Gasteiger partial charge in [0.2, 0.25) is 0 Å². The van der Waals surface area contributed by atoms with Crippen LogP contribution in [0.25, 0.3) is 0 Å². The highest BCUT2D eigenvalue weighted by molar-refractivity contribution is 7.45. The summed E-state index contributed by atoms with van der Waals surface area (Å²) in [4.78, 5) is 31.4. The Balaban J connectivity index is 0. The summed E-state index contributed by atoms with van der Waals surface area (Å²) in [6, 6.07) is 0. The SMILES string of the molecule is O=CC[C@@H](O)[C@H](O)[C@H](O)CO.O=P(O)(O)O. The predicted molar refractivity (Wildman–Crippen MR) is 50.1 cm³/mol. The van der Waals surface area contributed by atoms with Crippen LogP contribution in [0.2, 0.25) is 0 Å². The van der Waals surface area contributed by atoms with Crippen LogP contribution in [0.5, 0.6) is 0 Å². The van der Waals surface area contributed by atoms with E-state index in [9.17, 15) is 4.79 Å². The minimum atomic E-state index is -4.64. The molecule has 9 nitrogen and oxygen atoms in total. The van der Waals surface area contributed by atoms with E-state index in [2.05, 4.69) is 0 Å². The average molecular weight is 262 g/mol. The second-order valence-corrected chi connectivity index (χ2v) is 3.75. The third-order valence-corrected chi connectivity index (χ3v) is 1.31. The Morgan fingerprint density at radius 3 is 1.69 bits per heavy atom. The maximum Gasteiger partial charge on any atom is 0.466 e. The van der Waals surface area contributed by atoms with Gasteiger partial charge < -0.3 is 39.9 Å². The Bertz CT molecular complexity index is 218. The molecule has 7 N–H and O–H groups in total. The highest BCUT2D eigenvalue weighted by Gasteiger charge is 2.23. The van der Waals surface area contributed by atoms with E-state index in [1.807, 2.05) is 0 Å². The molecule has 0 heterocycles. The fourth-order valence-corrected chi connectivity index (χ4v) is 0.602. The molecule has 0 spiro atoms. The number of rotatable bonds is 5. The fraction of sp³-hybridized carbons (Fsp3) is 0.833. The van der Waals surface area contributed by atoms with Crippen molar-refractivity contribution in [2.24, 2.45) is 0 Å². The summed E-state index contributed by atoms with van der Waals surface area (Å²) in [5.41, 5.74) is 0. The third-order valence-electron chi connectivity index (χ3n) is 1.31. The lowest BCUT2D eigenvalue weighted by Gasteiger charge is -2.19. The molecule has 16 heavy (non-hydrogen) atoms. The Labute approximate surface area is 90.8 Å². The topological polar surface area (TPSA) is 176 Å². The first-order valence-corrected chi connectivity index (χ1v) is 5.57. The summed E-state index contributed by atoms with van der Waals surface area (Å²) in [6.07, 6.45) is -4.00. The van der Waals surface area contributed by atoms with Crippen LogP contribution in [-0.4, -0.2) is 66.3 Å². The molecule has 0 saturated heterocycles. The van der Waals surface area contributed by atoms with Crippen LogP contribution in [-0.2, 0) is 9.36 Å². The molecule has 98 valence electrons. The van der Waals surface area contributed by atoms with Crippen molar-refractivity contribution in [3.63, 3.8) is 0 Å². The van der Waals surface area contributed by atoms with E-state index >= 15 is 0 Å². The molecule has 0 saturated carbocycles. The van der Waals surface area contributed by atoms with Gasteiger partial charge in [-0.2, -0.15) is 0 Å². The molecule has 0 aromatic heterocycles. The molecular formula is C6H15O9P. The average Bonchev–Trinajstić information content (AvgIpc) is 2.13. The molecule has 0 aliphatic heterocycles. The van der Waals surface area contributed by atoms with Crippen molar-refractivity contribution in [1.29, 1.82) is 0 Å². The lowest BCUT2D eigenvalue weighted by molar-refractivity contribution is -0.115. The number of phosphoric acid groups is 1. The molecule has 0 radical (unpaired) electrons. The van der Waals surface area contributed by atoms with Crippen molar-refractivity contribution >= 4 is 14.1 Å². The fourth-order valence-electron chi connectivity index (χ4n) is 0.602. The predicted octanol–water partition coefficient (Wildman–Crippen LogP) is -3.28. The van der Waals surface area contributed by atoms with Crippen LogP contribution < -0.4 is 0 Å². The van der Waals surface area contributed by atoms with E-state index in [-0.39, 0.29) is 6.42 Å². The lowest BCUT2D eigenvalue weighted by atomic mass is 10.1. The Morgan fingerprint density at radius 2 is 1.44 bits per heavy atom. The van der Waals surface area contributed by atoms with Crippen LogP contribution in [0.15, 0.2) is 0 Å². The molecule has 0 aromatic carbocycles. The van der Waals surface area contributed by atoms with Crippen molar-refractivity contribution in [1.82, 2.24) is 0 Å². The standard InChI is InChI=1S/C6H12O5.H3O4P/c7-2-1-4(9)6(11)5(10)3-8;1-5(2,3)4/h2,4-6,8-11H,1,3H2;(H3,1,2,3,4)/t4-,5-,6+;/m1./s1. The van der Waals surface area contributed by atoms with Gasteiger partial charge >= 0.3 is 7.82 Å². The maximum absolute atomic E-state index is 9.82. The highest BCUT2D eigenvalue weighted by Crippen LogP contribution is 2.25. The van der Waals surface area contributed by atoms with Gasteiger partial charge in [0.1, 0.15) is 18.5 Å².